The van der Waals surface area contributed by atoms with Gasteiger partial charge in [-0.15, -0.1) is 11.3 Å². The Labute approximate surface area is 244 Å². The van der Waals surface area contributed by atoms with Gasteiger partial charge in [-0.25, -0.2) is 9.79 Å². The summed E-state index contributed by atoms with van der Waals surface area (Å²) in [6, 6.07) is 33.0. The van der Waals surface area contributed by atoms with E-state index in [4.69, 9.17) is 14.5 Å². The van der Waals surface area contributed by atoms with Crippen molar-refractivity contribution in [2.24, 2.45) is 4.99 Å². The van der Waals surface area contributed by atoms with Crippen molar-refractivity contribution < 1.29 is 14.3 Å². The summed E-state index contributed by atoms with van der Waals surface area (Å²) in [5.41, 5.74) is 4.96. The number of aliphatic imine (C=N–C) groups is 1. The van der Waals surface area contributed by atoms with Crippen LogP contribution in [0, 0.1) is 0 Å². The van der Waals surface area contributed by atoms with Crippen LogP contribution in [0.1, 0.15) is 44.4 Å². The Balaban J connectivity index is 1.25. The molecule has 4 aromatic carbocycles. The number of hydrogen-bond donors (Lipinski definition) is 0. The maximum Gasteiger partial charge on any atom is 0.341 e. The van der Waals surface area contributed by atoms with E-state index in [0.717, 1.165) is 48.5 Å². The number of fused-ring (bicyclic) bond motifs is 2. The van der Waals surface area contributed by atoms with Crippen molar-refractivity contribution in [1.29, 1.82) is 0 Å². The second-order valence-corrected chi connectivity index (χ2v) is 11.2. The zero-order valence-corrected chi connectivity index (χ0v) is 23.9. The van der Waals surface area contributed by atoms with Crippen LogP contribution in [0.5, 0.6) is 5.75 Å². The highest BCUT2D eigenvalue weighted by Crippen LogP contribution is 2.40. The van der Waals surface area contributed by atoms with Crippen molar-refractivity contribution in [3.63, 3.8) is 0 Å². The first kappa shape index (κ1) is 26.9. The van der Waals surface area contributed by atoms with Gasteiger partial charge in [-0.1, -0.05) is 84.9 Å². The van der Waals surface area contributed by atoms with E-state index in [2.05, 4.69) is 65.6 Å². The monoisotopic (exact) mass is 560 g/mol. The average Bonchev–Trinajstić information content (AvgIpc) is 3.37. The fourth-order valence-corrected chi connectivity index (χ4v) is 6.57. The highest BCUT2D eigenvalue weighted by Gasteiger charge is 2.28. The van der Waals surface area contributed by atoms with Gasteiger partial charge in [-0.2, -0.15) is 0 Å². The van der Waals surface area contributed by atoms with E-state index in [1.54, 1.807) is 17.6 Å². The van der Waals surface area contributed by atoms with E-state index >= 15 is 0 Å². The third-order valence-corrected chi connectivity index (χ3v) is 8.47. The highest BCUT2D eigenvalue weighted by molar-refractivity contribution is 7.16. The second-order valence-electron chi connectivity index (χ2n) is 10.1. The van der Waals surface area contributed by atoms with Crippen LogP contribution in [0.15, 0.2) is 102 Å². The van der Waals surface area contributed by atoms with Crippen molar-refractivity contribution in [2.75, 3.05) is 13.2 Å². The molecule has 0 saturated carbocycles. The Morgan fingerprint density at radius 3 is 2.61 bits per heavy atom. The minimum Gasteiger partial charge on any atom is -0.488 e. The summed E-state index contributed by atoms with van der Waals surface area (Å²) in [7, 11) is 0. The molecule has 5 aromatic rings. The number of carbonyl (C=O) groups excluding carboxylic acids is 1. The van der Waals surface area contributed by atoms with E-state index in [-0.39, 0.29) is 5.97 Å². The molecule has 1 aliphatic rings. The molecule has 6 heteroatoms. The van der Waals surface area contributed by atoms with Crippen LogP contribution in [0.4, 0.5) is 5.00 Å². The molecule has 0 aliphatic carbocycles. The zero-order valence-electron chi connectivity index (χ0n) is 23.1. The van der Waals surface area contributed by atoms with E-state index in [9.17, 15) is 4.79 Å². The molecule has 5 nitrogen and oxygen atoms in total. The SMILES string of the molecule is CCOC(=O)c1c(N=Cc2ccccc2OCc2cccc3ccccc23)sc2c1CCN(Cc1ccccc1)C2. The normalized spacial score (nSPS) is 13.4. The van der Waals surface area contributed by atoms with Crippen molar-refractivity contribution in [3.05, 3.63) is 130 Å². The van der Waals surface area contributed by atoms with Gasteiger partial charge in [0.05, 0.1) is 12.2 Å². The number of esters is 1. The summed E-state index contributed by atoms with van der Waals surface area (Å²) in [5.74, 6) is 0.450. The highest BCUT2D eigenvalue weighted by atomic mass is 32.1. The lowest BCUT2D eigenvalue weighted by atomic mass is 10.0. The first-order chi connectivity index (χ1) is 20.2. The van der Waals surface area contributed by atoms with Gasteiger partial charge < -0.3 is 9.47 Å². The summed E-state index contributed by atoms with van der Waals surface area (Å²) >= 11 is 1.59. The number of para-hydroxylation sites is 1. The molecule has 0 atom stereocenters. The smallest absolute Gasteiger partial charge is 0.341 e. The molecule has 6 rings (SSSR count). The molecule has 0 bridgehead atoms. The molecule has 1 aromatic heterocycles. The topological polar surface area (TPSA) is 51.1 Å². The van der Waals surface area contributed by atoms with Gasteiger partial charge in [0, 0.05) is 36.3 Å². The van der Waals surface area contributed by atoms with Gasteiger partial charge >= 0.3 is 5.97 Å². The first-order valence-electron chi connectivity index (χ1n) is 14.0. The van der Waals surface area contributed by atoms with Crippen LogP contribution in [0.3, 0.4) is 0 Å². The van der Waals surface area contributed by atoms with Crippen LogP contribution < -0.4 is 4.74 Å². The molecule has 0 N–H and O–H groups in total. The molecule has 0 fully saturated rings. The largest absolute Gasteiger partial charge is 0.488 e. The number of carbonyl (C=O) groups is 1. The molecule has 0 spiro atoms. The molecule has 0 amide bonds. The van der Waals surface area contributed by atoms with E-state index in [0.29, 0.717) is 23.8 Å². The third kappa shape index (κ3) is 6.09. The van der Waals surface area contributed by atoms with Crippen molar-refractivity contribution in [1.82, 2.24) is 4.90 Å². The Kier molecular flexibility index (Phi) is 8.21. The molecular weight excluding hydrogens is 528 g/mol. The third-order valence-electron chi connectivity index (χ3n) is 7.35. The van der Waals surface area contributed by atoms with Gasteiger partial charge in [0.2, 0.25) is 0 Å². The molecule has 0 radical (unpaired) electrons. The first-order valence-corrected chi connectivity index (χ1v) is 14.8. The Hall–Kier alpha value is -4.26. The van der Waals surface area contributed by atoms with Gasteiger partial charge in [0.15, 0.2) is 0 Å². The summed E-state index contributed by atoms with van der Waals surface area (Å²) in [6.07, 6.45) is 2.60. The van der Waals surface area contributed by atoms with Gasteiger partial charge in [0.25, 0.3) is 0 Å². The lowest BCUT2D eigenvalue weighted by Gasteiger charge is -2.27. The molecule has 41 heavy (non-hydrogen) atoms. The molecular formula is C35H32N2O3S. The molecule has 206 valence electrons. The summed E-state index contributed by atoms with van der Waals surface area (Å²) in [6.45, 7) is 5.18. The maximum absolute atomic E-state index is 13.1. The number of ether oxygens (including phenoxy) is 2. The summed E-state index contributed by atoms with van der Waals surface area (Å²) in [4.78, 5) is 21.5. The molecule has 2 heterocycles. The van der Waals surface area contributed by atoms with Crippen LogP contribution in [-0.2, 0) is 30.9 Å². The Morgan fingerprint density at radius 1 is 0.951 bits per heavy atom. The number of thiophene rings is 1. The Morgan fingerprint density at radius 2 is 1.73 bits per heavy atom. The minimum atomic E-state index is -0.297. The predicted molar refractivity (Wildman–Crippen MR) is 167 cm³/mol. The second kappa shape index (κ2) is 12.5. The van der Waals surface area contributed by atoms with E-state index in [1.807, 2.05) is 43.3 Å². The lowest BCUT2D eigenvalue weighted by Crippen LogP contribution is -2.29. The molecule has 0 saturated heterocycles. The van der Waals surface area contributed by atoms with Crippen molar-refractivity contribution in [2.45, 2.75) is 33.0 Å². The van der Waals surface area contributed by atoms with E-state index < -0.39 is 0 Å². The number of hydrogen-bond acceptors (Lipinski definition) is 6. The van der Waals surface area contributed by atoms with Gasteiger partial charge in [0.1, 0.15) is 17.4 Å². The zero-order chi connectivity index (χ0) is 28.0. The number of benzene rings is 4. The molecule has 0 unspecified atom stereocenters. The maximum atomic E-state index is 13.1. The number of nitrogens with zero attached hydrogens (tertiary/aromatic N) is 2. The van der Waals surface area contributed by atoms with Crippen LogP contribution in [0.2, 0.25) is 0 Å². The van der Waals surface area contributed by atoms with Crippen molar-refractivity contribution >= 4 is 39.3 Å². The van der Waals surface area contributed by atoms with Crippen molar-refractivity contribution in [3.8, 4) is 5.75 Å². The fraction of sp³-hybridized carbons (Fsp3) is 0.200. The van der Waals surface area contributed by atoms with Gasteiger partial charge in [-0.3, -0.25) is 4.90 Å². The van der Waals surface area contributed by atoms with Crippen LogP contribution in [-0.4, -0.2) is 30.2 Å². The lowest BCUT2D eigenvalue weighted by molar-refractivity contribution is 0.0526. The fourth-order valence-electron chi connectivity index (χ4n) is 5.34. The summed E-state index contributed by atoms with van der Waals surface area (Å²) < 4.78 is 11.8. The predicted octanol–water partition coefficient (Wildman–Crippen LogP) is 7.97. The standard InChI is InChI=1S/C35H32N2O3S/c1-2-39-35(38)33-30-19-20-37(22-25-11-4-3-5-12-25)23-32(30)41-34(33)36-21-27-14-7-9-18-31(27)40-24-28-16-10-15-26-13-6-8-17-29(26)28/h3-18,21H,2,19-20,22-24H2,1H3. The quantitative estimate of drug-likeness (QED) is 0.136. The summed E-state index contributed by atoms with van der Waals surface area (Å²) in [5, 5.41) is 3.07. The molecule has 1 aliphatic heterocycles. The van der Waals surface area contributed by atoms with Crippen LogP contribution in [0.25, 0.3) is 10.8 Å². The average molecular weight is 561 g/mol. The van der Waals surface area contributed by atoms with Gasteiger partial charge in [-0.05, 0) is 52.9 Å². The Bertz CT molecular complexity index is 1690. The minimum absolute atomic E-state index is 0.297. The van der Waals surface area contributed by atoms with E-state index in [1.165, 1.54) is 21.2 Å². The number of rotatable bonds is 9. The van der Waals surface area contributed by atoms with Crippen LogP contribution >= 0.6 is 11.3 Å².